The maximum atomic E-state index is 12.7. The van der Waals surface area contributed by atoms with Crippen LogP contribution in [0.2, 0.25) is 0 Å². The van der Waals surface area contributed by atoms with E-state index in [1.54, 1.807) is 16.3 Å². The molecule has 0 saturated carbocycles. The van der Waals surface area contributed by atoms with Crippen LogP contribution in [0.15, 0.2) is 51.4 Å². The van der Waals surface area contributed by atoms with Crippen LogP contribution in [0.5, 0.6) is 0 Å². The third kappa shape index (κ3) is 3.28. The molecule has 0 aliphatic heterocycles. The van der Waals surface area contributed by atoms with Crippen LogP contribution in [-0.2, 0) is 24.9 Å². The molecule has 0 spiro atoms. The third-order valence-electron chi connectivity index (χ3n) is 4.20. The summed E-state index contributed by atoms with van der Waals surface area (Å²) in [6, 6.07) is 11.4. The topological polar surface area (TPSA) is 64.3 Å². The predicted molar refractivity (Wildman–Crippen MR) is 98.9 cm³/mol. The van der Waals surface area contributed by atoms with E-state index in [1.807, 2.05) is 37.3 Å². The molecule has 25 heavy (non-hydrogen) atoms. The summed E-state index contributed by atoms with van der Waals surface area (Å²) in [6.45, 7) is 2.86. The number of nitrogens with zero attached hydrogens (tertiary/aromatic N) is 3. The van der Waals surface area contributed by atoms with Gasteiger partial charge in [0.2, 0.25) is 5.91 Å². The fraction of sp³-hybridized carbons (Fsp3) is 0.278. The molecule has 130 valence electrons. The van der Waals surface area contributed by atoms with Crippen molar-refractivity contribution >= 4 is 27.5 Å². The number of hydrogen-bond donors (Lipinski definition) is 0. The molecule has 1 aromatic carbocycles. The summed E-state index contributed by atoms with van der Waals surface area (Å²) >= 11 is 1.28. The van der Waals surface area contributed by atoms with Gasteiger partial charge < -0.3 is 4.90 Å². The van der Waals surface area contributed by atoms with Crippen molar-refractivity contribution in [2.75, 3.05) is 6.54 Å². The molecule has 2 heterocycles. The van der Waals surface area contributed by atoms with Crippen molar-refractivity contribution in [1.29, 1.82) is 0 Å². The smallest absolute Gasteiger partial charge is 0.331 e. The van der Waals surface area contributed by atoms with Gasteiger partial charge in [0.25, 0.3) is 5.56 Å². The first-order valence-electron chi connectivity index (χ1n) is 8.01. The van der Waals surface area contributed by atoms with E-state index in [2.05, 4.69) is 0 Å². The number of fused-ring (bicyclic) bond motifs is 1. The second kappa shape index (κ2) is 7.06. The fourth-order valence-electron chi connectivity index (χ4n) is 2.77. The number of amides is 1. The number of thiophene rings is 1. The minimum atomic E-state index is -0.472. The van der Waals surface area contributed by atoms with Crippen LogP contribution >= 0.6 is 11.3 Å². The number of carbonyl (C=O) groups is 1. The number of carbonyl (C=O) groups excluding carboxylic acids is 1. The van der Waals surface area contributed by atoms with Crippen molar-refractivity contribution in [2.45, 2.75) is 20.0 Å². The zero-order valence-electron chi connectivity index (χ0n) is 14.1. The molecule has 0 radical (unpaired) electrons. The molecular weight excluding hydrogens is 338 g/mol. The SMILES string of the molecule is CCN(Cc1ccccc1)C(=O)Cn1c(=O)n(C)c(=O)c2sccc21. The highest BCUT2D eigenvalue weighted by atomic mass is 32.1. The third-order valence-corrected chi connectivity index (χ3v) is 5.09. The minimum Gasteiger partial charge on any atom is -0.337 e. The molecule has 6 nitrogen and oxygen atoms in total. The van der Waals surface area contributed by atoms with E-state index in [-0.39, 0.29) is 18.0 Å². The van der Waals surface area contributed by atoms with E-state index in [1.165, 1.54) is 23.0 Å². The van der Waals surface area contributed by atoms with E-state index in [0.717, 1.165) is 10.1 Å². The van der Waals surface area contributed by atoms with E-state index < -0.39 is 5.69 Å². The van der Waals surface area contributed by atoms with Crippen LogP contribution < -0.4 is 11.2 Å². The average Bonchev–Trinajstić information content (AvgIpc) is 3.12. The maximum absolute atomic E-state index is 12.7. The largest absolute Gasteiger partial charge is 0.337 e. The average molecular weight is 357 g/mol. The lowest BCUT2D eigenvalue weighted by Crippen LogP contribution is -2.41. The Labute approximate surface area is 148 Å². The van der Waals surface area contributed by atoms with Crippen molar-refractivity contribution in [3.05, 3.63) is 68.2 Å². The summed E-state index contributed by atoms with van der Waals surface area (Å²) in [5.74, 6) is -0.153. The molecule has 0 atom stereocenters. The summed E-state index contributed by atoms with van der Waals surface area (Å²) in [4.78, 5) is 39.1. The number of likely N-dealkylation sites (N-methyl/N-ethyl adjacent to an activating group) is 1. The van der Waals surface area contributed by atoms with Crippen molar-refractivity contribution in [3.63, 3.8) is 0 Å². The summed E-state index contributed by atoms with van der Waals surface area (Å²) < 4.78 is 2.92. The van der Waals surface area contributed by atoms with Gasteiger partial charge in [-0.1, -0.05) is 30.3 Å². The molecule has 3 aromatic rings. The highest BCUT2D eigenvalue weighted by Crippen LogP contribution is 2.15. The lowest BCUT2D eigenvalue weighted by molar-refractivity contribution is -0.132. The van der Waals surface area contributed by atoms with E-state index >= 15 is 0 Å². The number of rotatable bonds is 5. The summed E-state index contributed by atoms with van der Waals surface area (Å²) in [5, 5.41) is 1.76. The van der Waals surface area contributed by atoms with Gasteiger partial charge in [-0.05, 0) is 23.9 Å². The maximum Gasteiger partial charge on any atom is 0.331 e. The molecule has 0 unspecified atom stereocenters. The van der Waals surface area contributed by atoms with E-state index in [4.69, 9.17) is 0 Å². The van der Waals surface area contributed by atoms with Crippen LogP contribution in [0, 0.1) is 0 Å². The first-order chi connectivity index (χ1) is 12.0. The zero-order chi connectivity index (χ0) is 18.0. The Kier molecular flexibility index (Phi) is 4.85. The monoisotopic (exact) mass is 357 g/mol. The van der Waals surface area contributed by atoms with Crippen LogP contribution in [0.25, 0.3) is 10.2 Å². The van der Waals surface area contributed by atoms with E-state index in [9.17, 15) is 14.4 Å². The zero-order valence-corrected chi connectivity index (χ0v) is 15.0. The molecule has 0 aliphatic carbocycles. The number of aromatic nitrogens is 2. The van der Waals surface area contributed by atoms with Crippen LogP contribution in [0.4, 0.5) is 0 Å². The van der Waals surface area contributed by atoms with Gasteiger partial charge in [0.1, 0.15) is 11.2 Å². The van der Waals surface area contributed by atoms with Crippen molar-refractivity contribution < 1.29 is 4.79 Å². The molecular formula is C18H19N3O3S. The van der Waals surface area contributed by atoms with Gasteiger partial charge in [-0.25, -0.2) is 4.79 Å². The fourth-order valence-corrected chi connectivity index (χ4v) is 3.64. The molecule has 0 saturated heterocycles. The Morgan fingerprint density at radius 3 is 2.56 bits per heavy atom. The number of hydrogen-bond acceptors (Lipinski definition) is 4. The van der Waals surface area contributed by atoms with Gasteiger partial charge in [-0.15, -0.1) is 11.3 Å². The predicted octanol–water partition coefficient (Wildman–Crippen LogP) is 1.81. The molecule has 0 aliphatic rings. The van der Waals surface area contributed by atoms with Crippen molar-refractivity contribution in [1.82, 2.24) is 14.0 Å². The summed E-state index contributed by atoms with van der Waals surface area (Å²) in [6.07, 6.45) is 0. The van der Waals surface area contributed by atoms with Gasteiger partial charge in [0.05, 0.1) is 5.52 Å². The van der Waals surface area contributed by atoms with E-state index in [0.29, 0.717) is 23.3 Å². The van der Waals surface area contributed by atoms with Gasteiger partial charge in [-0.3, -0.25) is 18.7 Å². The Balaban J connectivity index is 1.92. The highest BCUT2D eigenvalue weighted by Gasteiger charge is 2.18. The quantitative estimate of drug-likeness (QED) is 0.700. The second-order valence-corrected chi connectivity index (χ2v) is 6.68. The lowest BCUT2D eigenvalue weighted by Gasteiger charge is -2.22. The second-order valence-electron chi connectivity index (χ2n) is 5.76. The molecule has 7 heteroatoms. The first kappa shape index (κ1) is 17.2. The summed E-state index contributed by atoms with van der Waals surface area (Å²) in [7, 11) is 1.44. The van der Waals surface area contributed by atoms with Gasteiger partial charge in [0, 0.05) is 20.1 Å². The van der Waals surface area contributed by atoms with Crippen LogP contribution in [0.3, 0.4) is 0 Å². The molecule has 1 amide bonds. The van der Waals surface area contributed by atoms with Crippen molar-refractivity contribution in [2.24, 2.45) is 7.05 Å². The standard InChI is InChI=1S/C18H19N3O3S/c1-3-20(11-13-7-5-4-6-8-13)15(22)12-21-14-9-10-25-16(14)17(23)19(2)18(21)24/h4-10H,3,11-12H2,1-2H3. The van der Waals surface area contributed by atoms with Crippen molar-refractivity contribution in [3.8, 4) is 0 Å². The molecule has 0 bridgehead atoms. The molecule has 3 rings (SSSR count). The number of benzene rings is 1. The van der Waals surface area contributed by atoms with Gasteiger partial charge >= 0.3 is 5.69 Å². The van der Waals surface area contributed by atoms with Gasteiger partial charge in [-0.2, -0.15) is 0 Å². The van der Waals surface area contributed by atoms with Crippen LogP contribution in [-0.4, -0.2) is 26.5 Å². The first-order valence-corrected chi connectivity index (χ1v) is 8.89. The highest BCUT2D eigenvalue weighted by molar-refractivity contribution is 7.17. The van der Waals surface area contributed by atoms with Crippen LogP contribution in [0.1, 0.15) is 12.5 Å². The molecule has 0 N–H and O–H groups in total. The summed E-state index contributed by atoms with van der Waals surface area (Å²) in [5.41, 5.74) is 0.753. The Hall–Kier alpha value is -2.67. The molecule has 0 fully saturated rings. The molecule has 2 aromatic heterocycles. The normalized spacial score (nSPS) is 11.0. The van der Waals surface area contributed by atoms with Gasteiger partial charge in [0.15, 0.2) is 0 Å². The minimum absolute atomic E-state index is 0.0825. The Morgan fingerprint density at radius 2 is 1.88 bits per heavy atom. The Bertz CT molecular complexity index is 1020. The lowest BCUT2D eigenvalue weighted by atomic mass is 10.2. The Morgan fingerprint density at radius 1 is 1.16 bits per heavy atom.